The summed E-state index contributed by atoms with van der Waals surface area (Å²) in [5.41, 5.74) is -0.129. The van der Waals surface area contributed by atoms with E-state index in [9.17, 15) is 14.3 Å². The number of carbonyl (C=O) groups excluding carboxylic acids is 1. The van der Waals surface area contributed by atoms with Crippen LogP contribution in [0.4, 0.5) is 4.39 Å². The van der Waals surface area contributed by atoms with Gasteiger partial charge in [-0.05, 0) is 48.8 Å². The summed E-state index contributed by atoms with van der Waals surface area (Å²) in [5, 5.41) is 12.3. The lowest BCUT2D eigenvalue weighted by atomic mass is 9.73. The Hall–Kier alpha value is -1.46. The third-order valence-corrected chi connectivity index (χ3v) is 4.90. The molecule has 0 unspecified atom stereocenters. The van der Waals surface area contributed by atoms with Gasteiger partial charge >= 0.3 is 0 Å². The second-order valence-corrected chi connectivity index (χ2v) is 7.39. The first kappa shape index (κ1) is 18.9. The Balaban J connectivity index is 2.04. The van der Waals surface area contributed by atoms with Crippen molar-refractivity contribution in [2.45, 2.75) is 44.9 Å². The monoisotopic (exact) mass is 337 g/mol. The molecule has 0 atom stereocenters. The Labute approximate surface area is 143 Å². The van der Waals surface area contributed by atoms with Gasteiger partial charge in [0.15, 0.2) is 0 Å². The van der Waals surface area contributed by atoms with E-state index in [1.54, 1.807) is 6.07 Å². The van der Waals surface area contributed by atoms with Crippen molar-refractivity contribution in [3.63, 3.8) is 0 Å². The summed E-state index contributed by atoms with van der Waals surface area (Å²) in [6.07, 6.45) is 2.75. The largest absolute Gasteiger partial charge is 0.396 e. The van der Waals surface area contributed by atoms with Gasteiger partial charge in [-0.2, -0.15) is 0 Å². The van der Waals surface area contributed by atoms with Crippen LogP contribution in [-0.2, 0) is 14.9 Å². The first-order chi connectivity index (χ1) is 11.4. The zero-order valence-electron chi connectivity index (χ0n) is 14.6. The van der Waals surface area contributed by atoms with Gasteiger partial charge in [0, 0.05) is 26.4 Å². The van der Waals surface area contributed by atoms with Gasteiger partial charge in [0.1, 0.15) is 5.82 Å². The highest BCUT2D eigenvalue weighted by Gasteiger charge is 2.41. The van der Waals surface area contributed by atoms with Gasteiger partial charge in [-0.1, -0.05) is 26.0 Å². The minimum absolute atomic E-state index is 0.0572. The van der Waals surface area contributed by atoms with E-state index in [0.29, 0.717) is 32.6 Å². The van der Waals surface area contributed by atoms with Crippen molar-refractivity contribution < 1.29 is 19.0 Å². The van der Waals surface area contributed by atoms with Crippen LogP contribution >= 0.6 is 0 Å². The highest BCUT2D eigenvalue weighted by Crippen LogP contribution is 2.35. The van der Waals surface area contributed by atoms with Crippen LogP contribution in [0, 0.1) is 11.2 Å². The number of aliphatic hydroxyl groups is 1. The van der Waals surface area contributed by atoms with E-state index in [0.717, 1.165) is 18.4 Å². The van der Waals surface area contributed by atoms with Crippen molar-refractivity contribution in [3.8, 4) is 0 Å². The van der Waals surface area contributed by atoms with Gasteiger partial charge in [-0.3, -0.25) is 4.79 Å². The molecule has 1 aromatic carbocycles. The Bertz CT molecular complexity index is 553. The van der Waals surface area contributed by atoms with Gasteiger partial charge in [0.25, 0.3) is 0 Å². The molecule has 0 aromatic heterocycles. The number of ether oxygens (including phenoxy) is 1. The number of benzene rings is 1. The topological polar surface area (TPSA) is 58.6 Å². The molecule has 0 saturated carbocycles. The number of hydrogen-bond donors (Lipinski definition) is 2. The molecule has 4 nitrogen and oxygen atoms in total. The molecule has 1 fully saturated rings. The van der Waals surface area contributed by atoms with Crippen molar-refractivity contribution in [3.05, 3.63) is 35.6 Å². The third kappa shape index (κ3) is 4.54. The van der Waals surface area contributed by atoms with Crippen LogP contribution in [0.15, 0.2) is 24.3 Å². The Morgan fingerprint density at radius 1 is 1.38 bits per heavy atom. The number of amides is 1. The lowest BCUT2D eigenvalue weighted by Crippen LogP contribution is -2.48. The number of halogens is 1. The van der Waals surface area contributed by atoms with E-state index in [-0.39, 0.29) is 23.7 Å². The van der Waals surface area contributed by atoms with Crippen LogP contribution < -0.4 is 5.32 Å². The number of rotatable bonds is 7. The fourth-order valence-electron chi connectivity index (χ4n) is 3.17. The van der Waals surface area contributed by atoms with Crippen LogP contribution in [0.3, 0.4) is 0 Å². The molecule has 0 radical (unpaired) electrons. The minimum atomic E-state index is -0.715. The van der Waals surface area contributed by atoms with Gasteiger partial charge in [0.2, 0.25) is 5.91 Å². The molecule has 134 valence electrons. The minimum Gasteiger partial charge on any atom is -0.396 e. The van der Waals surface area contributed by atoms with Gasteiger partial charge in [-0.15, -0.1) is 0 Å². The normalized spacial score (nSPS) is 17.5. The first-order valence-electron chi connectivity index (χ1n) is 8.63. The molecule has 2 N–H and O–H groups in total. The molecule has 1 aromatic rings. The number of aliphatic hydroxyl groups excluding tert-OH is 1. The summed E-state index contributed by atoms with van der Waals surface area (Å²) in [6.45, 7) is 5.69. The smallest absolute Gasteiger partial charge is 0.230 e. The molecule has 1 amide bonds. The summed E-state index contributed by atoms with van der Waals surface area (Å²) in [7, 11) is 0. The SMILES string of the molecule is CC(C)(CO)CCCNC(=O)C1(c2cccc(F)c2)CCOCC1. The first-order valence-corrected chi connectivity index (χ1v) is 8.63. The molecule has 1 heterocycles. The zero-order valence-corrected chi connectivity index (χ0v) is 14.6. The zero-order chi connectivity index (χ0) is 17.6. The summed E-state index contributed by atoms with van der Waals surface area (Å²) in [4.78, 5) is 12.9. The predicted molar refractivity (Wildman–Crippen MR) is 91.2 cm³/mol. The van der Waals surface area contributed by atoms with Crippen molar-refractivity contribution in [1.82, 2.24) is 5.32 Å². The molecule has 0 spiro atoms. The average Bonchev–Trinajstić information content (AvgIpc) is 2.59. The standard InChI is InChI=1S/C19H28FNO3/c1-18(2,14-22)7-4-10-21-17(23)19(8-11-24-12-9-19)15-5-3-6-16(20)13-15/h3,5-6,13,22H,4,7-12,14H2,1-2H3,(H,21,23). The van der Waals surface area contributed by atoms with Crippen molar-refractivity contribution >= 4 is 5.91 Å². The molecule has 1 aliphatic heterocycles. The van der Waals surface area contributed by atoms with Crippen molar-refractivity contribution in [2.75, 3.05) is 26.4 Å². The summed E-state index contributed by atoms with van der Waals surface area (Å²) in [6, 6.07) is 6.33. The second-order valence-electron chi connectivity index (χ2n) is 7.39. The molecule has 1 aliphatic rings. The molecular formula is C19H28FNO3. The molecular weight excluding hydrogens is 309 g/mol. The van der Waals surface area contributed by atoms with E-state index in [2.05, 4.69) is 5.32 Å². The van der Waals surface area contributed by atoms with E-state index < -0.39 is 5.41 Å². The highest BCUT2D eigenvalue weighted by atomic mass is 19.1. The third-order valence-electron chi connectivity index (χ3n) is 4.90. The van der Waals surface area contributed by atoms with E-state index in [1.807, 2.05) is 19.9 Å². The van der Waals surface area contributed by atoms with Gasteiger partial charge in [0.05, 0.1) is 5.41 Å². The molecule has 24 heavy (non-hydrogen) atoms. The molecule has 2 rings (SSSR count). The summed E-state index contributed by atoms with van der Waals surface area (Å²) in [5.74, 6) is -0.380. The predicted octanol–water partition coefficient (Wildman–Crippen LogP) is 2.79. The molecule has 1 saturated heterocycles. The Kier molecular flexibility index (Phi) is 6.35. The van der Waals surface area contributed by atoms with Gasteiger partial charge in [-0.25, -0.2) is 4.39 Å². The summed E-state index contributed by atoms with van der Waals surface area (Å²) >= 11 is 0. The van der Waals surface area contributed by atoms with E-state index in [4.69, 9.17) is 4.74 Å². The Morgan fingerprint density at radius 2 is 2.08 bits per heavy atom. The van der Waals surface area contributed by atoms with Crippen LogP contribution in [0.2, 0.25) is 0 Å². The number of nitrogens with one attached hydrogen (secondary N) is 1. The maximum absolute atomic E-state index is 13.6. The molecule has 5 heteroatoms. The fourth-order valence-corrected chi connectivity index (χ4v) is 3.17. The van der Waals surface area contributed by atoms with Crippen LogP contribution in [0.25, 0.3) is 0 Å². The Morgan fingerprint density at radius 3 is 2.71 bits per heavy atom. The van der Waals surface area contributed by atoms with Crippen LogP contribution in [0.1, 0.15) is 45.1 Å². The van der Waals surface area contributed by atoms with Gasteiger partial charge < -0.3 is 15.2 Å². The quantitative estimate of drug-likeness (QED) is 0.752. The summed E-state index contributed by atoms with van der Waals surface area (Å²) < 4.78 is 19.1. The van der Waals surface area contributed by atoms with E-state index >= 15 is 0 Å². The van der Waals surface area contributed by atoms with Crippen molar-refractivity contribution in [1.29, 1.82) is 0 Å². The average molecular weight is 337 g/mol. The maximum Gasteiger partial charge on any atom is 0.230 e. The number of hydrogen-bond acceptors (Lipinski definition) is 3. The highest BCUT2D eigenvalue weighted by molar-refractivity contribution is 5.88. The lowest BCUT2D eigenvalue weighted by Gasteiger charge is -2.36. The lowest BCUT2D eigenvalue weighted by molar-refractivity contribution is -0.130. The van der Waals surface area contributed by atoms with Crippen LogP contribution in [0.5, 0.6) is 0 Å². The maximum atomic E-state index is 13.6. The van der Waals surface area contributed by atoms with E-state index in [1.165, 1.54) is 12.1 Å². The van der Waals surface area contributed by atoms with Crippen molar-refractivity contribution in [2.24, 2.45) is 5.41 Å². The number of carbonyl (C=O) groups is 1. The molecule has 0 bridgehead atoms. The second kappa shape index (κ2) is 8.08. The molecule has 0 aliphatic carbocycles. The fraction of sp³-hybridized carbons (Fsp3) is 0.632. The van der Waals surface area contributed by atoms with Crippen LogP contribution in [-0.4, -0.2) is 37.4 Å².